The van der Waals surface area contributed by atoms with Crippen molar-refractivity contribution in [1.82, 2.24) is 0 Å². The fourth-order valence-electron chi connectivity index (χ4n) is 2.69. The Bertz CT molecular complexity index is 403. The average Bonchev–Trinajstić information content (AvgIpc) is 2.35. The van der Waals surface area contributed by atoms with E-state index in [1.165, 1.54) is 11.3 Å². The molecule has 19 heavy (non-hydrogen) atoms. The van der Waals surface area contributed by atoms with Gasteiger partial charge in [-0.3, -0.25) is 0 Å². The number of aryl methyl sites for hydroxylation is 1. The number of nitrogens with one attached hydrogen (secondary N) is 1. The molecule has 0 radical (unpaired) electrons. The fourth-order valence-corrected chi connectivity index (χ4v) is 2.69. The van der Waals surface area contributed by atoms with E-state index >= 15 is 0 Å². The molecular formula is C16H25NO2. The van der Waals surface area contributed by atoms with Crippen molar-refractivity contribution < 1.29 is 9.84 Å². The summed E-state index contributed by atoms with van der Waals surface area (Å²) in [6, 6.07) is 8.99. The molecule has 0 bridgehead atoms. The van der Waals surface area contributed by atoms with Crippen molar-refractivity contribution in [3.05, 3.63) is 29.8 Å². The average molecular weight is 263 g/mol. The van der Waals surface area contributed by atoms with Gasteiger partial charge in [-0.25, -0.2) is 0 Å². The minimum Gasteiger partial charge on any atom is -0.396 e. The van der Waals surface area contributed by atoms with Crippen LogP contribution >= 0.6 is 0 Å². The van der Waals surface area contributed by atoms with Crippen molar-refractivity contribution in [3.8, 4) is 0 Å². The number of aliphatic hydroxyl groups is 1. The summed E-state index contributed by atoms with van der Waals surface area (Å²) in [7, 11) is 0. The molecular weight excluding hydrogens is 238 g/mol. The molecule has 1 saturated heterocycles. The highest BCUT2D eigenvalue weighted by Gasteiger charge is 2.28. The molecule has 1 aromatic carbocycles. The van der Waals surface area contributed by atoms with Crippen LogP contribution in [0.25, 0.3) is 0 Å². The molecule has 0 aromatic heterocycles. The SMILES string of the molecule is CC1(C)CC(Nc2cccc(CCCO)c2)CCO1. The third kappa shape index (κ3) is 4.51. The summed E-state index contributed by atoms with van der Waals surface area (Å²) in [5.41, 5.74) is 2.44. The Morgan fingerprint density at radius 2 is 2.26 bits per heavy atom. The van der Waals surface area contributed by atoms with Crippen LogP contribution in [0.4, 0.5) is 5.69 Å². The highest BCUT2D eigenvalue weighted by atomic mass is 16.5. The lowest BCUT2D eigenvalue weighted by atomic mass is 9.93. The number of rotatable bonds is 5. The van der Waals surface area contributed by atoms with Gasteiger partial charge in [0.1, 0.15) is 0 Å². The second kappa shape index (κ2) is 6.40. The van der Waals surface area contributed by atoms with Gasteiger partial charge >= 0.3 is 0 Å². The first-order valence-corrected chi connectivity index (χ1v) is 7.19. The molecule has 1 aliphatic rings. The van der Waals surface area contributed by atoms with Gasteiger partial charge in [0.25, 0.3) is 0 Å². The van der Waals surface area contributed by atoms with Crippen LogP contribution in [0.5, 0.6) is 0 Å². The van der Waals surface area contributed by atoms with Crippen LogP contribution in [-0.4, -0.2) is 30.0 Å². The maximum Gasteiger partial charge on any atom is 0.0646 e. The first kappa shape index (κ1) is 14.4. The Morgan fingerprint density at radius 3 is 3.00 bits per heavy atom. The molecule has 3 heteroatoms. The van der Waals surface area contributed by atoms with Crippen molar-refractivity contribution in [3.63, 3.8) is 0 Å². The minimum atomic E-state index is -0.0234. The third-order valence-electron chi connectivity index (χ3n) is 3.62. The molecule has 1 aromatic rings. The summed E-state index contributed by atoms with van der Waals surface area (Å²) >= 11 is 0. The van der Waals surface area contributed by atoms with Gasteiger partial charge in [-0.1, -0.05) is 12.1 Å². The quantitative estimate of drug-likeness (QED) is 0.858. The number of hydrogen-bond acceptors (Lipinski definition) is 3. The maximum absolute atomic E-state index is 8.89. The zero-order valence-electron chi connectivity index (χ0n) is 12.0. The van der Waals surface area contributed by atoms with Crippen LogP contribution in [0.3, 0.4) is 0 Å². The maximum atomic E-state index is 8.89. The van der Waals surface area contributed by atoms with Crippen LogP contribution in [0, 0.1) is 0 Å². The topological polar surface area (TPSA) is 41.5 Å². The van der Waals surface area contributed by atoms with E-state index in [4.69, 9.17) is 9.84 Å². The molecule has 0 amide bonds. The van der Waals surface area contributed by atoms with Crippen LogP contribution in [0.15, 0.2) is 24.3 Å². The van der Waals surface area contributed by atoms with Gasteiger partial charge in [0.05, 0.1) is 5.60 Å². The largest absolute Gasteiger partial charge is 0.396 e. The summed E-state index contributed by atoms with van der Waals surface area (Å²) in [6.45, 7) is 5.39. The predicted octanol–water partition coefficient (Wildman–Crippen LogP) is 2.98. The normalized spacial score (nSPS) is 22.2. The van der Waals surface area contributed by atoms with Gasteiger partial charge in [0.15, 0.2) is 0 Å². The molecule has 1 unspecified atom stereocenters. The van der Waals surface area contributed by atoms with Crippen molar-refractivity contribution in [2.24, 2.45) is 0 Å². The first-order valence-electron chi connectivity index (χ1n) is 7.19. The van der Waals surface area contributed by atoms with Crippen LogP contribution < -0.4 is 5.32 Å². The second-order valence-electron chi connectivity index (χ2n) is 5.97. The lowest BCUT2D eigenvalue weighted by molar-refractivity contribution is -0.0553. The summed E-state index contributed by atoms with van der Waals surface area (Å²) in [5, 5.41) is 12.5. The highest BCUT2D eigenvalue weighted by molar-refractivity contribution is 5.46. The molecule has 1 aliphatic heterocycles. The smallest absolute Gasteiger partial charge is 0.0646 e. The van der Waals surface area contributed by atoms with E-state index in [2.05, 4.69) is 43.4 Å². The molecule has 0 saturated carbocycles. The Balaban J connectivity index is 1.94. The highest BCUT2D eigenvalue weighted by Crippen LogP contribution is 2.26. The summed E-state index contributed by atoms with van der Waals surface area (Å²) in [6.07, 6.45) is 3.86. The molecule has 0 spiro atoms. The number of anilines is 1. The fraction of sp³-hybridized carbons (Fsp3) is 0.625. The van der Waals surface area contributed by atoms with E-state index in [0.717, 1.165) is 32.3 Å². The van der Waals surface area contributed by atoms with E-state index < -0.39 is 0 Å². The molecule has 2 rings (SSSR count). The Hall–Kier alpha value is -1.06. The minimum absolute atomic E-state index is 0.0234. The molecule has 106 valence electrons. The standard InChI is InChI=1S/C16H25NO2/c1-16(2)12-15(8-10-19-16)17-14-7-3-5-13(11-14)6-4-9-18/h3,5,7,11,15,17-18H,4,6,8-10,12H2,1-2H3. The molecule has 1 fully saturated rings. The molecule has 1 heterocycles. The zero-order chi connectivity index (χ0) is 13.7. The summed E-state index contributed by atoms with van der Waals surface area (Å²) in [5.74, 6) is 0. The van der Waals surface area contributed by atoms with Gasteiger partial charge in [0.2, 0.25) is 0 Å². The monoisotopic (exact) mass is 263 g/mol. The number of benzene rings is 1. The van der Waals surface area contributed by atoms with E-state index in [1.54, 1.807) is 0 Å². The lowest BCUT2D eigenvalue weighted by Gasteiger charge is -2.36. The van der Waals surface area contributed by atoms with Gasteiger partial charge in [0, 0.05) is 24.9 Å². The Kier molecular flexibility index (Phi) is 4.83. The molecule has 0 aliphatic carbocycles. The molecule has 1 atom stereocenters. The summed E-state index contributed by atoms with van der Waals surface area (Å²) in [4.78, 5) is 0. The van der Waals surface area contributed by atoms with E-state index in [0.29, 0.717) is 6.04 Å². The van der Waals surface area contributed by atoms with Crippen LogP contribution in [0.1, 0.15) is 38.7 Å². The zero-order valence-corrected chi connectivity index (χ0v) is 12.0. The van der Waals surface area contributed by atoms with Crippen LogP contribution in [-0.2, 0) is 11.2 Å². The van der Waals surface area contributed by atoms with Crippen molar-refractivity contribution in [1.29, 1.82) is 0 Å². The van der Waals surface area contributed by atoms with Crippen LogP contribution in [0.2, 0.25) is 0 Å². The van der Waals surface area contributed by atoms with Crippen molar-refractivity contribution in [2.45, 2.75) is 51.2 Å². The van der Waals surface area contributed by atoms with Gasteiger partial charge in [-0.05, 0) is 57.2 Å². The summed E-state index contributed by atoms with van der Waals surface area (Å²) < 4.78 is 5.74. The first-order chi connectivity index (χ1) is 9.09. The van der Waals surface area contributed by atoms with E-state index in [1.807, 2.05) is 0 Å². The third-order valence-corrected chi connectivity index (χ3v) is 3.62. The number of hydrogen-bond donors (Lipinski definition) is 2. The second-order valence-corrected chi connectivity index (χ2v) is 5.97. The van der Waals surface area contributed by atoms with E-state index in [-0.39, 0.29) is 12.2 Å². The van der Waals surface area contributed by atoms with Crippen molar-refractivity contribution >= 4 is 5.69 Å². The number of aliphatic hydroxyl groups excluding tert-OH is 1. The lowest BCUT2D eigenvalue weighted by Crippen LogP contribution is -2.40. The van der Waals surface area contributed by atoms with Crippen molar-refractivity contribution in [2.75, 3.05) is 18.5 Å². The van der Waals surface area contributed by atoms with E-state index in [9.17, 15) is 0 Å². The van der Waals surface area contributed by atoms with Gasteiger partial charge in [-0.15, -0.1) is 0 Å². The predicted molar refractivity (Wildman–Crippen MR) is 78.5 cm³/mol. The molecule has 3 nitrogen and oxygen atoms in total. The Morgan fingerprint density at radius 1 is 1.42 bits per heavy atom. The number of ether oxygens (including phenoxy) is 1. The Labute approximate surface area is 116 Å². The van der Waals surface area contributed by atoms with Gasteiger partial charge in [-0.2, -0.15) is 0 Å². The van der Waals surface area contributed by atoms with Gasteiger partial charge < -0.3 is 15.2 Å². The molecule has 2 N–H and O–H groups in total.